The molecule has 1 aliphatic heterocycles. The van der Waals surface area contributed by atoms with E-state index in [1.165, 1.54) is 15.5 Å². The Morgan fingerprint density at radius 1 is 1.15 bits per heavy atom. The van der Waals surface area contributed by atoms with Crippen LogP contribution in [0.2, 0.25) is 0 Å². The van der Waals surface area contributed by atoms with Gasteiger partial charge < -0.3 is 20.0 Å². The third-order valence-corrected chi connectivity index (χ3v) is 8.67. The van der Waals surface area contributed by atoms with Crippen LogP contribution in [-0.4, -0.2) is 66.9 Å². The van der Waals surface area contributed by atoms with E-state index in [1.54, 1.807) is 48.3 Å². The lowest BCUT2D eigenvalue weighted by molar-refractivity contribution is -0.134. The first kappa shape index (κ1) is 26.4. The van der Waals surface area contributed by atoms with Gasteiger partial charge in [0.1, 0.15) is 6.04 Å². The fraction of sp³-hybridized carbons (Fsp3) is 0.296. The molecule has 4 aromatic rings. The number of likely N-dealkylation sites (N-methyl/N-ethyl adjacent to an activating group) is 1. The highest BCUT2D eigenvalue weighted by atomic mass is 32.2. The van der Waals surface area contributed by atoms with Gasteiger partial charge in [-0.05, 0) is 47.9 Å². The monoisotopic (exact) mass is 550 g/mol. The van der Waals surface area contributed by atoms with Crippen molar-refractivity contribution < 1.29 is 17.6 Å². The Hall–Kier alpha value is -4.16. The van der Waals surface area contributed by atoms with Gasteiger partial charge in [-0.25, -0.2) is 13.2 Å². The van der Waals surface area contributed by atoms with Crippen molar-refractivity contribution in [2.45, 2.75) is 36.4 Å². The van der Waals surface area contributed by atoms with Gasteiger partial charge in [-0.2, -0.15) is 4.72 Å². The summed E-state index contributed by atoms with van der Waals surface area (Å²) < 4.78 is 36.3. The number of oxazole rings is 1. The second-order valence-electron chi connectivity index (χ2n) is 9.71. The van der Waals surface area contributed by atoms with Gasteiger partial charge in [0.15, 0.2) is 11.5 Å². The molecule has 1 amide bonds. The van der Waals surface area contributed by atoms with Gasteiger partial charge in [-0.3, -0.25) is 14.8 Å². The van der Waals surface area contributed by atoms with Crippen LogP contribution in [0.4, 0.5) is 0 Å². The highest BCUT2D eigenvalue weighted by molar-refractivity contribution is 7.89. The van der Waals surface area contributed by atoms with Gasteiger partial charge in [-0.1, -0.05) is 42.5 Å². The molecule has 204 valence electrons. The van der Waals surface area contributed by atoms with Crippen LogP contribution in [-0.2, 0) is 21.4 Å². The zero-order valence-electron chi connectivity index (χ0n) is 21.4. The van der Waals surface area contributed by atoms with Crippen LogP contribution in [0.3, 0.4) is 0 Å². The predicted octanol–water partition coefficient (Wildman–Crippen LogP) is 1.91. The van der Waals surface area contributed by atoms with E-state index < -0.39 is 27.7 Å². The number of para-hydroxylation sites is 2. The van der Waals surface area contributed by atoms with E-state index in [-0.39, 0.29) is 23.4 Å². The number of rotatable bonds is 7. The quantitative estimate of drug-likeness (QED) is 0.235. The highest BCUT2D eigenvalue weighted by Gasteiger charge is 2.34. The number of nitrogens with one attached hydrogen (secondary N) is 2. The number of carbonyl (C=O) groups is 1. The first-order valence-corrected chi connectivity index (χ1v) is 14.1. The molecule has 11 nitrogen and oxygen atoms in total. The largest absolute Gasteiger partial charge is 0.420 e. The summed E-state index contributed by atoms with van der Waals surface area (Å²) in [5.41, 5.74) is 6.47. The van der Waals surface area contributed by atoms with E-state index >= 15 is 0 Å². The average Bonchev–Trinajstić information content (AvgIpc) is 3.26. The molecule has 12 heteroatoms. The third-order valence-electron chi connectivity index (χ3n) is 7.20. The molecule has 1 aromatic heterocycles. The van der Waals surface area contributed by atoms with Crippen LogP contribution >= 0.6 is 0 Å². The smallest absolute Gasteiger partial charge is 0.408 e. The summed E-state index contributed by atoms with van der Waals surface area (Å²) in [5, 5.41) is 9.40. The van der Waals surface area contributed by atoms with E-state index in [0.717, 1.165) is 17.2 Å². The van der Waals surface area contributed by atoms with Gasteiger partial charge in [-0.15, -0.1) is 0 Å². The van der Waals surface area contributed by atoms with Crippen molar-refractivity contribution in [3.8, 4) is 0 Å². The zero-order chi connectivity index (χ0) is 27.7. The summed E-state index contributed by atoms with van der Waals surface area (Å²) >= 11 is 0. The molecule has 1 saturated heterocycles. The Balaban J connectivity index is 1.49. The molecule has 3 aromatic carbocycles. The Bertz CT molecular complexity index is 1710. The van der Waals surface area contributed by atoms with E-state index in [2.05, 4.69) is 4.72 Å². The van der Waals surface area contributed by atoms with E-state index in [0.29, 0.717) is 30.6 Å². The van der Waals surface area contributed by atoms with Crippen LogP contribution in [0.25, 0.3) is 21.9 Å². The minimum absolute atomic E-state index is 0.00599. The van der Waals surface area contributed by atoms with Gasteiger partial charge in [0.05, 0.1) is 17.0 Å². The van der Waals surface area contributed by atoms with Gasteiger partial charge in [0, 0.05) is 26.2 Å². The van der Waals surface area contributed by atoms with Crippen molar-refractivity contribution in [2.75, 3.05) is 20.1 Å². The second kappa shape index (κ2) is 10.5. The van der Waals surface area contributed by atoms with Crippen molar-refractivity contribution >= 4 is 43.8 Å². The SMILES string of the molecule is CN(C(=O)C(Cn1c(=O)oc2ccccc21)NS(=O)(=O)c1ccc2ccccc2c1)C1CCCN(C(=N)N)C1. The molecule has 4 N–H and O–H groups in total. The summed E-state index contributed by atoms with van der Waals surface area (Å²) in [7, 11) is -2.56. The van der Waals surface area contributed by atoms with Crippen molar-refractivity contribution in [3.05, 3.63) is 77.3 Å². The number of nitrogens with two attached hydrogens (primary N) is 1. The minimum atomic E-state index is -4.16. The van der Waals surface area contributed by atoms with Crippen LogP contribution in [0.15, 0.2) is 80.8 Å². The molecule has 5 rings (SSSR count). The van der Waals surface area contributed by atoms with E-state index in [9.17, 15) is 18.0 Å². The molecular weight excluding hydrogens is 520 g/mol. The zero-order valence-corrected chi connectivity index (χ0v) is 22.2. The van der Waals surface area contributed by atoms with Gasteiger partial charge >= 0.3 is 5.76 Å². The van der Waals surface area contributed by atoms with E-state index in [1.807, 2.05) is 24.3 Å². The fourth-order valence-corrected chi connectivity index (χ4v) is 6.26. The molecule has 39 heavy (non-hydrogen) atoms. The first-order valence-electron chi connectivity index (χ1n) is 12.6. The molecule has 0 aliphatic carbocycles. The van der Waals surface area contributed by atoms with Crippen LogP contribution in [0.1, 0.15) is 12.8 Å². The Labute approximate surface area is 225 Å². The summed E-state index contributed by atoms with van der Waals surface area (Å²) in [6.07, 6.45) is 1.39. The Morgan fingerprint density at radius 2 is 1.87 bits per heavy atom. The average molecular weight is 551 g/mol. The molecule has 1 aliphatic rings. The number of amides is 1. The Kier molecular flexibility index (Phi) is 7.15. The standard InChI is InChI=1S/C27H30N6O5S/c1-31(20-9-6-14-32(16-20)26(28)29)25(34)22(17-33-23-10-4-5-11-24(23)38-27(33)35)30-39(36,37)21-13-12-18-7-2-3-8-19(18)15-21/h2-5,7-8,10-13,15,20,22,30H,6,9,14,16-17H2,1H3,(H3,28,29). The molecule has 0 bridgehead atoms. The molecule has 2 atom stereocenters. The number of fused-ring (bicyclic) bond motifs is 2. The van der Waals surface area contributed by atoms with Gasteiger partial charge in [0.2, 0.25) is 15.9 Å². The summed E-state index contributed by atoms with van der Waals surface area (Å²) in [6.45, 7) is 0.702. The number of carbonyl (C=O) groups excluding carboxylic acids is 1. The maximum atomic E-state index is 13.9. The van der Waals surface area contributed by atoms with Crippen molar-refractivity contribution in [1.29, 1.82) is 5.41 Å². The van der Waals surface area contributed by atoms with Crippen LogP contribution in [0, 0.1) is 5.41 Å². The summed E-state index contributed by atoms with van der Waals surface area (Å²) in [4.78, 5) is 29.8. The lowest BCUT2D eigenvalue weighted by Gasteiger charge is -2.39. The maximum absolute atomic E-state index is 13.9. The van der Waals surface area contributed by atoms with Crippen molar-refractivity contribution in [2.24, 2.45) is 5.73 Å². The molecule has 0 saturated carbocycles. The fourth-order valence-electron chi connectivity index (χ4n) is 5.04. The number of piperidine rings is 1. The first-order chi connectivity index (χ1) is 18.6. The molecule has 0 radical (unpaired) electrons. The minimum Gasteiger partial charge on any atom is -0.408 e. The second-order valence-corrected chi connectivity index (χ2v) is 11.4. The van der Waals surface area contributed by atoms with Gasteiger partial charge in [0.25, 0.3) is 0 Å². The number of benzene rings is 3. The molecule has 2 heterocycles. The van der Waals surface area contributed by atoms with Crippen LogP contribution in [0.5, 0.6) is 0 Å². The molecular formula is C27H30N6O5S. The summed E-state index contributed by atoms with van der Waals surface area (Å²) in [5.74, 6) is -1.28. The van der Waals surface area contributed by atoms with Crippen molar-refractivity contribution in [3.63, 3.8) is 0 Å². The van der Waals surface area contributed by atoms with E-state index in [4.69, 9.17) is 15.6 Å². The van der Waals surface area contributed by atoms with Crippen LogP contribution < -0.4 is 16.2 Å². The number of sulfonamides is 1. The highest BCUT2D eigenvalue weighted by Crippen LogP contribution is 2.21. The van der Waals surface area contributed by atoms with Crippen molar-refractivity contribution in [1.82, 2.24) is 19.1 Å². The number of nitrogens with zero attached hydrogens (tertiary/aromatic N) is 3. The number of aromatic nitrogens is 1. The third kappa shape index (κ3) is 5.38. The maximum Gasteiger partial charge on any atom is 0.420 e. The number of hydrogen-bond donors (Lipinski definition) is 3. The molecule has 0 spiro atoms. The number of guanidine groups is 1. The number of hydrogen-bond acceptors (Lipinski definition) is 6. The molecule has 1 fully saturated rings. The lowest BCUT2D eigenvalue weighted by atomic mass is 10.0. The predicted molar refractivity (Wildman–Crippen MR) is 148 cm³/mol. The summed E-state index contributed by atoms with van der Waals surface area (Å²) in [6, 6.07) is 17.3. The normalized spacial score (nSPS) is 16.8. The lowest BCUT2D eigenvalue weighted by Crippen LogP contribution is -2.57. The number of likely N-dealkylation sites (tertiary alicyclic amines) is 1. The molecule has 2 unspecified atom stereocenters. The Morgan fingerprint density at radius 3 is 2.64 bits per heavy atom. The topological polar surface area (TPSA) is 155 Å².